The molecule has 32 heavy (non-hydrogen) atoms. The molecule has 0 radical (unpaired) electrons. The van der Waals surface area contributed by atoms with Gasteiger partial charge in [-0.2, -0.15) is 5.10 Å². The second-order valence-electron chi connectivity index (χ2n) is 7.59. The number of hydrogen-bond donors (Lipinski definition) is 2. The zero-order valence-electron chi connectivity index (χ0n) is 17.4. The van der Waals surface area contributed by atoms with Crippen LogP contribution in [-0.2, 0) is 0 Å². The number of methoxy groups -OCH3 is 2. The molecule has 0 saturated heterocycles. The van der Waals surface area contributed by atoms with Gasteiger partial charge in [0.05, 0.1) is 26.0 Å². The Morgan fingerprint density at radius 1 is 1.00 bits per heavy atom. The van der Waals surface area contributed by atoms with E-state index in [1.165, 1.54) is 7.11 Å². The molecule has 0 amide bonds. The Bertz CT molecular complexity index is 1230. The fourth-order valence-electron chi connectivity index (χ4n) is 4.21. The molecule has 164 valence electrons. The number of nitrogens with zero attached hydrogens (tertiary/aromatic N) is 2. The molecule has 0 spiro atoms. The number of phenols is 2. The van der Waals surface area contributed by atoms with Gasteiger partial charge in [-0.25, -0.2) is 5.01 Å². The van der Waals surface area contributed by atoms with Crippen molar-refractivity contribution in [1.82, 2.24) is 5.01 Å². The summed E-state index contributed by atoms with van der Waals surface area (Å²) in [5.74, 6) is 1.75. The van der Waals surface area contributed by atoms with Gasteiger partial charge in [0.1, 0.15) is 5.75 Å². The van der Waals surface area contributed by atoms with Crippen LogP contribution >= 0.6 is 11.6 Å². The number of rotatable bonds is 4. The molecular weight excluding hydrogens is 432 g/mol. The van der Waals surface area contributed by atoms with Gasteiger partial charge in [-0.3, -0.25) is 0 Å². The normalized spacial score (nSPS) is 19.0. The first-order valence-corrected chi connectivity index (χ1v) is 10.4. The fraction of sp³-hybridized carbons (Fsp3) is 0.208. The third-order valence-electron chi connectivity index (χ3n) is 5.76. The average molecular weight is 453 g/mol. The summed E-state index contributed by atoms with van der Waals surface area (Å²) in [5, 5.41) is 27.7. The number of hydrogen-bond acceptors (Lipinski definition) is 7. The molecule has 0 bridgehead atoms. The number of fused-ring (bicyclic) bond motifs is 3. The first-order chi connectivity index (χ1) is 15.5. The molecule has 2 heterocycles. The van der Waals surface area contributed by atoms with E-state index in [9.17, 15) is 10.2 Å². The van der Waals surface area contributed by atoms with E-state index in [4.69, 9.17) is 30.9 Å². The summed E-state index contributed by atoms with van der Waals surface area (Å²) in [5.41, 5.74) is 2.97. The van der Waals surface area contributed by atoms with Crippen molar-refractivity contribution < 1.29 is 24.4 Å². The Morgan fingerprint density at radius 3 is 2.56 bits per heavy atom. The van der Waals surface area contributed by atoms with Gasteiger partial charge in [-0.15, -0.1) is 0 Å². The van der Waals surface area contributed by atoms with E-state index in [0.717, 1.165) is 11.1 Å². The molecule has 5 rings (SSSR count). The number of para-hydroxylation sites is 1. The highest BCUT2D eigenvalue weighted by Gasteiger charge is 2.42. The summed E-state index contributed by atoms with van der Waals surface area (Å²) in [4.78, 5) is 0. The van der Waals surface area contributed by atoms with E-state index in [1.54, 1.807) is 43.5 Å². The number of halogens is 1. The van der Waals surface area contributed by atoms with E-state index < -0.39 is 6.23 Å². The van der Waals surface area contributed by atoms with Crippen LogP contribution in [-0.4, -0.2) is 35.2 Å². The van der Waals surface area contributed by atoms with Crippen LogP contribution < -0.4 is 14.2 Å². The lowest BCUT2D eigenvalue weighted by molar-refractivity contribution is -0.0210. The van der Waals surface area contributed by atoms with Crippen LogP contribution in [0.2, 0.25) is 5.02 Å². The molecule has 0 fully saturated rings. The minimum absolute atomic E-state index is 0.0380. The largest absolute Gasteiger partial charge is 0.507 e. The second kappa shape index (κ2) is 7.84. The highest BCUT2D eigenvalue weighted by atomic mass is 35.5. The molecule has 0 unspecified atom stereocenters. The van der Waals surface area contributed by atoms with E-state index >= 15 is 0 Å². The summed E-state index contributed by atoms with van der Waals surface area (Å²) in [6.45, 7) is 0. The van der Waals surface area contributed by atoms with Gasteiger partial charge in [0.2, 0.25) is 6.23 Å². The van der Waals surface area contributed by atoms with E-state index in [0.29, 0.717) is 40.0 Å². The van der Waals surface area contributed by atoms with E-state index in [2.05, 4.69) is 0 Å². The average Bonchev–Trinajstić information content (AvgIpc) is 3.25. The molecule has 2 atom stereocenters. The maximum Gasteiger partial charge on any atom is 0.214 e. The number of aromatic hydroxyl groups is 2. The Balaban J connectivity index is 1.65. The molecule has 7 nitrogen and oxygen atoms in total. The molecule has 0 aliphatic carbocycles. The lowest BCUT2D eigenvalue weighted by Crippen LogP contribution is -2.33. The van der Waals surface area contributed by atoms with Crippen molar-refractivity contribution >= 4 is 17.3 Å². The zero-order chi connectivity index (χ0) is 22.4. The maximum atomic E-state index is 10.4. The van der Waals surface area contributed by atoms with Crippen molar-refractivity contribution in [2.24, 2.45) is 5.10 Å². The van der Waals surface area contributed by atoms with Gasteiger partial charge in [0.25, 0.3) is 0 Å². The second-order valence-corrected chi connectivity index (χ2v) is 8.02. The summed E-state index contributed by atoms with van der Waals surface area (Å²) >= 11 is 6.18. The molecule has 2 aliphatic rings. The molecule has 8 heteroatoms. The highest BCUT2D eigenvalue weighted by Crippen LogP contribution is 2.51. The van der Waals surface area contributed by atoms with Crippen molar-refractivity contribution in [1.29, 1.82) is 0 Å². The first-order valence-electron chi connectivity index (χ1n) is 10.1. The fourth-order valence-corrected chi connectivity index (χ4v) is 4.39. The van der Waals surface area contributed by atoms with Crippen molar-refractivity contribution in [3.05, 3.63) is 76.3 Å². The summed E-state index contributed by atoms with van der Waals surface area (Å²) < 4.78 is 17.2. The summed E-state index contributed by atoms with van der Waals surface area (Å²) in [6, 6.07) is 15.6. The maximum absolute atomic E-state index is 10.4. The number of ether oxygens (including phenoxy) is 3. The van der Waals surface area contributed by atoms with Crippen LogP contribution in [0.15, 0.2) is 59.7 Å². The van der Waals surface area contributed by atoms with Crippen LogP contribution in [0, 0.1) is 0 Å². The zero-order valence-corrected chi connectivity index (χ0v) is 18.2. The van der Waals surface area contributed by atoms with Crippen LogP contribution in [0.25, 0.3) is 0 Å². The highest BCUT2D eigenvalue weighted by molar-refractivity contribution is 6.31. The Kier molecular flexibility index (Phi) is 4.98. The predicted molar refractivity (Wildman–Crippen MR) is 120 cm³/mol. The SMILES string of the molecule is COc1cc([C@@H]2Oc3c(OC)cccc3[C@H]3CC(c4cc(Cl)ccc4O)=NN32)ccc1O. The molecule has 0 aromatic heterocycles. The van der Waals surface area contributed by atoms with Crippen LogP contribution in [0.1, 0.15) is 35.4 Å². The first kappa shape index (κ1) is 20.3. The summed E-state index contributed by atoms with van der Waals surface area (Å²) in [7, 11) is 3.10. The predicted octanol–water partition coefficient (Wildman–Crippen LogP) is 5.01. The Morgan fingerprint density at radius 2 is 1.78 bits per heavy atom. The van der Waals surface area contributed by atoms with Gasteiger partial charge in [-0.1, -0.05) is 23.7 Å². The van der Waals surface area contributed by atoms with Gasteiger partial charge in [-0.05, 0) is 42.5 Å². The third-order valence-corrected chi connectivity index (χ3v) is 5.99. The van der Waals surface area contributed by atoms with Crippen molar-refractivity contribution in [2.45, 2.75) is 18.7 Å². The van der Waals surface area contributed by atoms with Crippen molar-refractivity contribution in [3.63, 3.8) is 0 Å². The smallest absolute Gasteiger partial charge is 0.214 e. The molecule has 2 aliphatic heterocycles. The number of phenolic OH excluding ortho intramolecular Hbond substituents is 2. The lowest BCUT2D eigenvalue weighted by Gasteiger charge is -2.38. The van der Waals surface area contributed by atoms with E-state index in [1.807, 2.05) is 23.2 Å². The molecule has 3 aromatic rings. The topological polar surface area (TPSA) is 83.8 Å². The number of benzene rings is 3. The minimum atomic E-state index is -0.600. The summed E-state index contributed by atoms with van der Waals surface area (Å²) in [6.07, 6.45) is -0.0551. The Hall–Kier alpha value is -3.58. The minimum Gasteiger partial charge on any atom is -0.507 e. The van der Waals surface area contributed by atoms with Crippen LogP contribution in [0.4, 0.5) is 0 Å². The standard InChI is InChI=1S/C24H21ClN2O5/c1-30-21-5-3-4-15-18-12-17(16-11-14(25)7-9-19(16)28)26-27(18)24(32-23(15)21)13-6-8-20(29)22(10-13)31-2/h3-11,18,24,28-29H,12H2,1-2H3/t18-,24+/m1/s1. The van der Waals surface area contributed by atoms with Gasteiger partial charge < -0.3 is 24.4 Å². The lowest BCUT2D eigenvalue weighted by atomic mass is 9.95. The van der Waals surface area contributed by atoms with Crippen LogP contribution in [0.5, 0.6) is 28.7 Å². The molecular formula is C24H21ClN2O5. The van der Waals surface area contributed by atoms with Crippen molar-refractivity contribution in [2.75, 3.05) is 14.2 Å². The molecule has 2 N–H and O–H groups in total. The van der Waals surface area contributed by atoms with E-state index in [-0.39, 0.29) is 17.5 Å². The van der Waals surface area contributed by atoms with Gasteiger partial charge in [0, 0.05) is 28.1 Å². The quantitative estimate of drug-likeness (QED) is 0.579. The molecule has 0 saturated carbocycles. The molecule has 3 aromatic carbocycles. The van der Waals surface area contributed by atoms with Crippen molar-refractivity contribution in [3.8, 4) is 28.7 Å². The third kappa shape index (κ3) is 3.26. The van der Waals surface area contributed by atoms with Gasteiger partial charge >= 0.3 is 0 Å². The van der Waals surface area contributed by atoms with Crippen LogP contribution in [0.3, 0.4) is 0 Å². The van der Waals surface area contributed by atoms with Gasteiger partial charge in [0.15, 0.2) is 23.0 Å². The Labute approximate surface area is 190 Å². The number of hydrazone groups is 1. The monoisotopic (exact) mass is 452 g/mol.